The normalized spacial score (nSPS) is 17.9. The van der Waals surface area contributed by atoms with Gasteiger partial charge in [-0.05, 0) is 73.4 Å². The lowest BCUT2D eigenvalue weighted by molar-refractivity contribution is -0.124. The van der Waals surface area contributed by atoms with Gasteiger partial charge < -0.3 is 24.8 Å². The maximum absolute atomic E-state index is 14.5. The molecule has 0 aliphatic carbocycles. The number of aromatic nitrogens is 4. The van der Waals surface area contributed by atoms with Crippen LogP contribution in [0.2, 0.25) is 10.0 Å². The molecule has 274 valence electrons. The van der Waals surface area contributed by atoms with Gasteiger partial charge >= 0.3 is 0 Å². The molecule has 2 amide bonds. The Morgan fingerprint density at radius 1 is 0.868 bits per heavy atom. The third-order valence-electron chi connectivity index (χ3n) is 9.55. The number of hydrogen-bond acceptors (Lipinski definition) is 8. The molecule has 2 aromatic heterocycles. The number of nitrogens with zero attached hydrogens (tertiary/aromatic N) is 6. The Bertz CT molecular complexity index is 2080. The van der Waals surface area contributed by atoms with Crippen LogP contribution in [-0.2, 0) is 37.3 Å². The molecule has 4 heterocycles. The van der Waals surface area contributed by atoms with Crippen LogP contribution in [0.4, 0.5) is 17.1 Å². The number of carbonyl (C=O) groups is 2. The van der Waals surface area contributed by atoms with E-state index in [0.29, 0.717) is 59.0 Å². The Kier molecular flexibility index (Phi) is 11.2. The zero-order valence-electron chi connectivity index (χ0n) is 29.0. The van der Waals surface area contributed by atoms with Crippen molar-refractivity contribution < 1.29 is 18.5 Å². The predicted molar refractivity (Wildman–Crippen MR) is 206 cm³/mol. The molecule has 5 aromatic rings. The van der Waals surface area contributed by atoms with Gasteiger partial charge in [0.1, 0.15) is 33.9 Å². The van der Waals surface area contributed by atoms with Crippen molar-refractivity contribution in [2.45, 2.75) is 42.8 Å². The summed E-state index contributed by atoms with van der Waals surface area (Å²) in [5, 5.41) is 7.01. The van der Waals surface area contributed by atoms with E-state index in [1.54, 1.807) is 46.4 Å². The Hall–Kier alpha value is -4.66. The SMILES string of the molecule is C[C@@](Cc1ccc(-c2cncnc2)cc1)(C(=O)Nc1cc(Cl)cc(Cl)c1)n1cncc1S(=O)N1CCC[C@H]1C(=O)Nc1ccc(N2CCOCC2)cc1. The van der Waals surface area contributed by atoms with E-state index in [-0.39, 0.29) is 12.3 Å². The third kappa shape index (κ3) is 8.29. The molecule has 12 nitrogen and oxygen atoms in total. The van der Waals surface area contributed by atoms with Crippen molar-refractivity contribution >= 4 is 63.1 Å². The van der Waals surface area contributed by atoms with E-state index < -0.39 is 28.5 Å². The topological polar surface area (TPSA) is 135 Å². The van der Waals surface area contributed by atoms with Crippen LogP contribution in [0.1, 0.15) is 25.3 Å². The highest BCUT2D eigenvalue weighted by atomic mass is 35.5. The van der Waals surface area contributed by atoms with Crippen LogP contribution < -0.4 is 15.5 Å². The van der Waals surface area contributed by atoms with Crippen molar-refractivity contribution in [2.75, 3.05) is 48.4 Å². The van der Waals surface area contributed by atoms with Crippen LogP contribution in [-0.4, -0.2) is 78.7 Å². The Morgan fingerprint density at radius 2 is 1.57 bits per heavy atom. The Labute approximate surface area is 320 Å². The number of carbonyl (C=O) groups excluding carboxylic acids is 2. The lowest BCUT2D eigenvalue weighted by atomic mass is 9.90. The summed E-state index contributed by atoms with van der Waals surface area (Å²) in [5.41, 5.74) is 3.42. The molecule has 0 saturated carbocycles. The number of ether oxygens (including phenoxy) is 1. The highest BCUT2D eigenvalue weighted by molar-refractivity contribution is 7.82. The van der Waals surface area contributed by atoms with Gasteiger partial charge in [-0.2, -0.15) is 0 Å². The van der Waals surface area contributed by atoms with Gasteiger partial charge in [0.15, 0.2) is 0 Å². The second kappa shape index (κ2) is 16.1. The standard InChI is InChI=1S/C38H38Cl2N8O4S/c1-38(37(50)45-32-18-29(39)17-30(40)19-32,20-26-4-6-27(7-5-26)28-21-41-24-42-22-28)47-25-43-23-35(47)53(51)48-12-2-3-34(48)36(49)44-31-8-10-33(11-9-31)46-13-15-52-16-14-46/h4-11,17-19,21-25,34H,2-3,12-16,20H2,1H3,(H,44,49)(H,45,50)/t34-,38+,53?/m0/s1. The van der Waals surface area contributed by atoms with Crippen molar-refractivity contribution in [1.82, 2.24) is 23.8 Å². The van der Waals surface area contributed by atoms with Crippen molar-refractivity contribution in [1.29, 1.82) is 0 Å². The minimum atomic E-state index is -1.84. The molecule has 2 fully saturated rings. The van der Waals surface area contributed by atoms with Gasteiger partial charge in [0.25, 0.3) is 5.91 Å². The van der Waals surface area contributed by atoms with Gasteiger partial charge in [-0.1, -0.05) is 47.5 Å². The minimum absolute atomic E-state index is 0.212. The number of morpholine rings is 1. The van der Waals surface area contributed by atoms with E-state index in [2.05, 4.69) is 30.5 Å². The van der Waals surface area contributed by atoms with Crippen molar-refractivity contribution in [3.63, 3.8) is 0 Å². The molecule has 0 radical (unpaired) electrons. The maximum Gasteiger partial charge on any atom is 0.250 e. The molecule has 2 aliphatic rings. The first-order chi connectivity index (χ1) is 25.7. The zero-order chi connectivity index (χ0) is 37.0. The second-order valence-electron chi connectivity index (χ2n) is 13.2. The van der Waals surface area contributed by atoms with Crippen molar-refractivity contribution in [3.8, 4) is 11.1 Å². The molecule has 0 spiro atoms. The second-order valence-corrected chi connectivity index (χ2v) is 15.4. The van der Waals surface area contributed by atoms with Crippen LogP contribution in [0.25, 0.3) is 11.1 Å². The molecular formula is C38H38Cl2N8O4S. The van der Waals surface area contributed by atoms with Crippen LogP contribution in [0.15, 0.2) is 103 Å². The third-order valence-corrected chi connectivity index (χ3v) is 11.5. The monoisotopic (exact) mass is 772 g/mol. The number of amides is 2. The van der Waals surface area contributed by atoms with Crippen LogP contribution in [0.5, 0.6) is 0 Å². The van der Waals surface area contributed by atoms with Crippen molar-refractivity contribution in [3.05, 3.63) is 114 Å². The predicted octanol–water partition coefficient (Wildman–Crippen LogP) is 6.21. The molecule has 7 rings (SSSR count). The summed E-state index contributed by atoms with van der Waals surface area (Å²) in [6.45, 7) is 5.20. The average molecular weight is 774 g/mol. The minimum Gasteiger partial charge on any atom is -0.378 e. The maximum atomic E-state index is 14.5. The highest BCUT2D eigenvalue weighted by Gasteiger charge is 2.41. The van der Waals surface area contributed by atoms with Gasteiger partial charge in [0.05, 0.1) is 25.7 Å². The summed E-state index contributed by atoms with van der Waals surface area (Å²) >= 11 is 12.5. The average Bonchev–Trinajstić information content (AvgIpc) is 3.87. The van der Waals surface area contributed by atoms with Gasteiger partial charge in [-0.25, -0.2) is 23.5 Å². The summed E-state index contributed by atoms with van der Waals surface area (Å²) in [6.07, 6.45) is 9.37. The number of rotatable bonds is 11. The van der Waals surface area contributed by atoms with Gasteiger partial charge in [0.2, 0.25) is 5.91 Å². The molecule has 1 unspecified atom stereocenters. The largest absolute Gasteiger partial charge is 0.378 e. The van der Waals surface area contributed by atoms with E-state index in [0.717, 1.165) is 35.5 Å². The number of hydrogen-bond donors (Lipinski definition) is 2. The number of benzene rings is 3. The van der Waals surface area contributed by atoms with E-state index in [4.69, 9.17) is 27.9 Å². The summed E-state index contributed by atoms with van der Waals surface area (Å²) in [5.74, 6) is -0.646. The lowest BCUT2D eigenvalue weighted by Gasteiger charge is -2.33. The fourth-order valence-electron chi connectivity index (χ4n) is 6.73. The smallest absolute Gasteiger partial charge is 0.250 e. The number of anilines is 3. The van der Waals surface area contributed by atoms with Crippen LogP contribution >= 0.6 is 23.2 Å². The van der Waals surface area contributed by atoms with Gasteiger partial charge in [0, 0.05) is 71.1 Å². The molecule has 2 saturated heterocycles. The van der Waals surface area contributed by atoms with Crippen LogP contribution in [0.3, 0.4) is 0 Å². The van der Waals surface area contributed by atoms with Crippen molar-refractivity contribution in [2.24, 2.45) is 0 Å². The number of nitrogens with one attached hydrogen (secondary N) is 2. The van der Waals surface area contributed by atoms with Gasteiger partial charge in [-0.15, -0.1) is 0 Å². The molecular weight excluding hydrogens is 735 g/mol. The summed E-state index contributed by atoms with van der Waals surface area (Å²) in [4.78, 5) is 42.9. The molecule has 53 heavy (non-hydrogen) atoms. The van der Waals surface area contributed by atoms with E-state index >= 15 is 0 Å². The molecule has 2 aliphatic heterocycles. The van der Waals surface area contributed by atoms with Gasteiger partial charge in [-0.3, -0.25) is 9.59 Å². The fraction of sp³-hybridized carbons (Fsp3) is 0.289. The summed E-state index contributed by atoms with van der Waals surface area (Å²) in [6, 6.07) is 19.6. The molecule has 15 heteroatoms. The quantitative estimate of drug-likeness (QED) is 0.162. The Morgan fingerprint density at radius 3 is 2.26 bits per heavy atom. The first kappa shape index (κ1) is 36.7. The first-order valence-electron chi connectivity index (χ1n) is 17.2. The molecule has 2 N–H and O–H groups in total. The fourth-order valence-corrected chi connectivity index (χ4v) is 8.79. The summed E-state index contributed by atoms with van der Waals surface area (Å²) < 4.78 is 23.3. The summed E-state index contributed by atoms with van der Waals surface area (Å²) in [7, 11) is -1.84. The first-order valence-corrected chi connectivity index (χ1v) is 19.1. The molecule has 0 bridgehead atoms. The highest BCUT2D eigenvalue weighted by Crippen LogP contribution is 2.32. The number of imidazole rings is 1. The van der Waals surface area contributed by atoms with E-state index in [1.165, 1.54) is 18.9 Å². The Balaban J connectivity index is 1.14. The van der Waals surface area contributed by atoms with Crippen LogP contribution in [0, 0.1) is 0 Å². The molecule has 3 aromatic carbocycles. The van der Waals surface area contributed by atoms with E-state index in [1.807, 2.05) is 48.5 Å². The lowest BCUT2D eigenvalue weighted by Crippen LogP contribution is -2.47. The number of halogens is 2. The zero-order valence-corrected chi connectivity index (χ0v) is 31.3. The molecule has 3 atom stereocenters. The van der Waals surface area contributed by atoms with E-state index in [9.17, 15) is 13.8 Å².